The van der Waals surface area contributed by atoms with Crippen molar-refractivity contribution in [3.8, 4) is 0 Å². The SMILES string of the molecule is Cc1ccccc1CNc1ccc(S(C)(=O)=O)cc1N. The molecule has 5 heteroatoms. The molecular formula is C15H18N2O2S. The first-order valence-electron chi connectivity index (χ1n) is 6.26. The van der Waals surface area contributed by atoms with Gasteiger partial charge < -0.3 is 11.1 Å². The van der Waals surface area contributed by atoms with Gasteiger partial charge in [-0.25, -0.2) is 8.42 Å². The van der Waals surface area contributed by atoms with E-state index in [1.807, 2.05) is 31.2 Å². The molecule has 0 saturated carbocycles. The summed E-state index contributed by atoms with van der Waals surface area (Å²) in [5.74, 6) is 0. The van der Waals surface area contributed by atoms with Crippen molar-refractivity contribution in [2.75, 3.05) is 17.3 Å². The summed E-state index contributed by atoms with van der Waals surface area (Å²) in [7, 11) is -3.22. The fraction of sp³-hybridized carbons (Fsp3) is 0.200. The van der Waals surface area contributed by atoms with Crippen molar-refractivity contribution in [2.24, 2.45) is 0 Å². The molecule has 0 atom stereocenters. The monoisotopic (exact) mass is 290 g/mol. The maximum Gasteiger partial charge on any atom is 0.175 e. The molecule has 4 nitrogen and oxygen atoms in total. The van der Waals surface area contributed by atoms with E-state index in [0.717, 1.165) is 5.69 Å². The van der Waals surface area contributed by atoms with E-state index in [4.69, 9.17) is 5.73 Å². The molecule has 106 valence electrons. The van der Waals surface area contributed by atoms with Crippen molar-refractivity contribution in [2.45, 2.75) is 18.4 Å². The highest BCUT2D eigenvalue weighted by molar-refractivity contribution is 7.90. The van der Waals surface area contributed by atoms with Crippen LogP contribution in [0.4, 0.5) is 11.4 Å². The summed E-state index contributed by atoms with van der Waals surface area (Å²) in [6.07, 6.45) is 1.17. The van der Waals surface area contributed by atoms with E-state index in [9.17, 15) is 8.42 Å². The maximum absolute atomic E-state index is 11.4. The molecule has 0 aliphatic heterocycles. The van der Waals surface area contributed by atoms with Crippen molar-refractivity contribution in [3.05, 3.63) is 53.6 Å². The zero-order valence-electron chi connectivity index (χ0n) is 11.6. The minimum Gasteiger partial charge on any atom is -0.397 e. The molecule has 20 heavy (non-hydrogen) atoms. The van der Waals surface area contributed by atoms with Crippen molar-refractivity contribution in [1.29, 1.82) is 0 Å². The zero-order valence-corrected chi connectivity index (χ0v) is 12.4. The molecule has 3 N–H and O–H groups in total. The van der Waals surface area contributed by atoms with Crippen LogP contribution in [0.5, 0.6) is 0 Å². The molecule has 0 aliphatic carbocycles. The second-order valence-electron chi connectivity index (χ2n) is 4.80. The first-order chi connectivity index (χ1) is 9.38. The molecule has 0 amide bonds. The largest absolute Gasteiger partial charge is 0.397 e. The van der Waals surface area contributed by atoms with Gasteiger partial charge >= 0.3 is 0 Å². The minimum absolute atomic E-state index is 0.233. The van der Waals surface area contributed by atoms with Crippen LogP contribution in [-0.2, 0) is 16.4 Å². The Balaban J connectivity index is 2.17. The third-order valence-electron chi connectivity index (χ3n) is 3.18. The fourth-order valence-corrected chi connectivity index (χ4v) is 2.59. The highest BCUT2D eigenvalue weighted by atomic mass is 32.2. The van der Waals surface area contributed by atoms with Crippen LogP contribution in [0.15, 0.2) is 47.4 Å². The summed E-state index contributed by atoms with van der Waals surface area (Å²) in [6.45, 7) is 2.70. The van der Waals surface area contributed by atoms with Crippen LogP contribution in [0, 0.1) is 6.92 Å². The first-order valence-corrected chi connectivity index (χ1v) is 8.15. The Kier molecular flexibility index (Phi) is 3.99. The number of anilines is 2. The Bertz CT molecular complexity index is 724. The van der Waals surface area contributed by atoms with Crippen LogP contribution < -0.4 is 11.1 Å². The predicted octanol–water partition coefficient (Wildman–Crippen LogP) is 2.59. The van der Waals surface area contributed by atoms with Gasteiger partial charge in [-0.1, -0.05) is 24.3 Å². The summed E-state index contributed by atoms with van der Waals surface area (Å²) >= 11 is 0. The second-order valence-corrected chi connectivity index (χ2v) is 6.82. The summed E-state index contributed by atoms with van der Waals surface area (Å²) in [6, 6.07) is 12.8. The van der Waals surface area contributed by atoms with Crippen molar-refractivity contribution in [1.82, 2.24) is 0 Å². The van der Waals surface area contributed by atoms with E-state index >= 15 is 0 Å². The lowest BCUT2D eigenvalue weighted by atomic mass is 10.1. The highest BCUT2D eigenvalue weighted by Crippen LogP contribution is 2.23. The molecule has 0 aliphatic rings. The number of aryl methyl sites for hydroxylation is 1. The molecule has 2 aromatic carbocycles. The lowest BCUT2D eigenvalue weighted by Gasteiger charge is -2.12. The first kappa shape index (κ1) is 14.4. The van der Waals surface area contributed by atoms with Gasteiger partial charge in [0.05, 0.1) is 16.3 Å². The topological polar surface area (TPSA) is 72.2 Å². The number of rotatable bonds is 4. The number of benzene rings is 2. The molecule has 0 bridgehead atoms. The van der Waals surface area contributed by atoms with Gasteiger partial charge in [0, 0.05) is 12.8 Å². The van der Waals surface area contributed by atoms with Gasteiger partial charge in [-0.3, -0.25) is 0 Å². The average molecular weight is 290 g/mol. The third kappa shape index (κ3) is 3.30. The molecule has 0 heterocycles. The van der Waals surface area contributed by atoms with Crippen LogP contribution in [0.3, 0.4) is 0 Å². The van der Waals surface area contributed by atoms with Gasteiger partial charge in [0.2, 0.25) is 0 Å². The van der Waals surface area contributed by atoms with E-state index in [1.54, 1.807) is 12.1 Å². The normalized spacial score (nSPS) is 11.3. The van der Waals surface area contributed by atoms with E-state index in [0.29, 0.717) is 12.2 Å². The van der Waals surface area contributed by atoms with E-state index < -0.39 is 9.84 Å². The number of nitrogens with one attached hydrogen (secondary N) is 1. The number of sulfone groups is 1. The van der Waals surface area contributed by atoms with E-state index in [2.05, 4.69) is 5.32 Å². The van der Waals surface area contributed by atoms with Crippen LogP contribution in [0.25, 0.3) is 0 Å². The van der Waals surface area contributed by atoms with Crippen LogP contribution in [0.2, 0.25) is 0 Å². The van der Waals surface area contributed by atoms with Gasteiger partial charge in [0.1, 0.15) is 0 Å². The molecule has 0 fully saturated rings. The van der Waals surface area contributed by atoms with Gasteiger partial charge in [-0.15, -0.1) is 0 Å². The van der Waals surface area contributed by atoms with Gasteiger partial charge in [0.15, 0.2) is 9.84 Å². The highest BCUT2D eigenvalue weighted by Gasteiger charge is 2.09. The van der Waals surface area contributed by atoms with Gasteiger partial charge in [-0.2, -0.15) is 0 Å². The number of hydrogen-bond donors (Lipinski definition) is 2. The number of nitrogens with two attached hydrogens (primary N) is 1. The van der Waals surface area contributed by atoms with Gasteiger partial charge in [-0.05, 0) is 36.2 Å². The van der Waals surface area contributed by atoms with Crippen LogP contribution in [-0.4, -0.2) is 14.7 Å². The standard InChI is InChI=1S/C15H18N2O2S/c1-11-5-3-4-6-12(11)10-17-15-8-7-13(9-14(15)16)20(2,18)19/h3-9,17H,10,16H2,1-2H3. The van der Waals surface area contributed by atoms with Crippen LogP contribution >= 0.6 is 0 Å². The summed E-state index contributed by atoms with van der Waals surface area (Å²) in [5.41, 5.74) is 9.44. The van der Waals surface area contributed by atoms with Gasteiger partial charge in [0.25, 0.3) is 0 Å². The molecule has 0 radical (unpaired) electrons. The Morgan fingerprint density at radius 1 is 1.15 bits per heavy atom. The zero-order chi connectivity index (χ0) is 14.8. The second kappa shape index (κ2) is 5.54. The quantitative estimate of drug-likeness (QED) is 0.849. The Morgan fingerprint density at radius 2 is 1.85 bits per heavy atom. The number of hydrogen-bond acceptors (Lipinski definition) is 4. The fourth-order valence-electron chi connectivity index (χ4n) is 1.93. The number of nitrogen functional groups attached to an aromatic ring is 1. The Hall–Kier alpha value is -2.01. The summed E-state index contributed by atoms with van der Waals surface area (Å²) < 4.78 is 22.9. The van der Waals surface area contributed by atoms with Crippen molar-refractivity contribution in [3.63, 3.8) is 0 Å². The molecule has 0 saturated heterocycles. The Labute approximate surface area is 119 Å². The lowest BCUT2D eigenvalue weighted by Crippen LogP contribution is -2.05. The summed E-state index contributed by atoms with van der Waals surface area (Å²) in [5, 5.41) is 3.23. The minimum atomic E-state index is -3.22. The molecule has 2 aromatic rings. The maximum atomic E-state index is 11.4. The molecule has 2 rings (SSSR count). The third-order valence-corrected chi connectivity index (χ3v) is 4.29. The molecular weight excluding hydrogens is 272 g/mol. The van der Waals surface area contributed by atoms with Crippen molar-refractivity contribution >= 4 is 21.2 Å². The van der Waals surface area contributed by atoms with E-state index in [-0.39, 0.29) is 4.90 Å². The van der Waals surface area contributed by atoms with E-state index in [1.165, 1.54) is 23.4 Å². The molecule has 0 unspecified atom stereocenters. The van der Waals surface area contributed by atoms with Crippen LogP contribution in [0.1, 0.15) is 11.1 Å². The van der Waals surface area contributed by atoms with Crippen molar-refractivity contribution < 1.29 is 8.42 Å². The lowest BCUT2D eigenvalue weighted by molar-refractivity contribution is 0.602. The Morgan fingerprint density at radius 3 is 2.45 bits per heavy atom. The average Bonchev–Trinajstić information content (AvgIpc) is 2.38. The smallest absolute Gasteiger partial charge is 0.175 e. The molecule has 0 spiro atoms. The molecule has 0 aromatic heterocycles. The summed E-state index contributed by atoms with van der Waals surface area (Å²) in [4.78, 5) is 0.233. The predicted molar refractivity (Wildman–Crippen MR) is 82.5 cm³/mol.